The maximum absolute atomic E-state index is 13.5. The molecule has 38 heavy (non-hydrogen) atoms. The Bertz CT molecular complexity index is 1440. The molecule has 0 radical (unpaired) electrons. The number of carboxylic acids is 1. The van der Waals surface area contributed by atoms with E-state index in [4.69, 9.17) is 18.7 Å². The molecule has 0 unspecified atom stereocenters. The quantitative estimate of drug-likeness (QED) is 0.304. The van der Waals surface area contributed by atoms with Crippen molar-refractivity contribution in [3.8, 4) is 0 Å². The van der Waals surface area contributed by atoms with Crippen molar-refractivity contribution in [2.75, 3.05) is 18.5 Å². The molecule has 1 saturated heterocycles. The van der Waals surface area contributed by atoms with Crippen LogP contribution in [0.2, 0.25) is 0 Å². The van der Waals surface area contributed by atoms with Crippen molar-refractivity contribution in [1.82, 2.24) is 14.9 Å². The van der Waals surface area contributed by atoms with Gasteiger partial charge < -0.3 is 28.9 Å². The summed E-state index contributed by atoms with van der Waals surface area (Å²) in [6.07, 6.45) is 2.29. The van der Waals surface area contributed by atoms with Crippen molar-refractivity contribution in [2.24, 2.45) is 0 Å². The standard InChI is InChI=1S/C28H30N4O6/c1-3-36-22-12-13-32(26(22)27-29-16-19(37-27)9-11-25(34)35)24(33)15-18-8-10-21-23(14-18)38-28(31-21)30-20-7-5-4-6-17(20)2/h4-8,10,14,16,22,26H,3,9,11-13,15H2,1-2H3,(H,30,31)(H,34,35)/t22-,26-/m0/s1. The molecule has 0 aliphatic carbocycles. The molecule has 2 N–H and O–H groups in total. The van der Waals surface area contributed by atoms with Gasteiger partial charge >= 0.3 is 5.97 Å². The third-order valence-electron chi connectivity index (χ3n) is 6.65. The van der Waals surface area contributed by atoms with Gasteiger partial charge in [-0.15, -0.1) is 0 Å². The molecule has 0 spiro atoms. The van der Waals surface area contributed by atoms with Crippen molar-refractivity contribution in [2.45, 2.75) is 51.7 Å². The fourth-order valence-electron chi connectivity index (χ4n) is 4.77. The van der Waals surface area contributed by atoms with Crippen molar-refractivity contribution >= 4 is 34.7 Å². The minimum atomic E-state index is -0.908. The van der Waals surface area contributed by atoms with E-state index in [9.17, 15) is 9.59 Å². The first kappa shape index (κ1) is 25.5. The molecule has 2 aromatic carbocycles. The van der Waals surface area contributed by atoms with Crippen molar-refractivity contribution < 1.29 is 28.3 Å². The van der Waals surface area contributed by atoms with Crippen LogP contribution in [0.1, 0.15) is 48.6 Å². The number of carbonyl (C=O) groups is 2. The number of oxazole rings is 2. The fraction of sp³-hybridized carbons (Fsp3) is 0.357. The molecule has 1 amide bonds. The second-order valence-corrected chi connectivity index (χ2v) is 9.31. The fourth-order valence-corrected chi connectivity index (χ4v) is 4.77. The van der Waals surface area contributed by atoms with Gasteiger partial charge in [-0.2, -0.15) is 4.98 Å². The highest BCUT2D eigenvalue weighted by atomic mass is 16.5. The lowest BCUT2D eigenvalue weighted by atomic mass is 10.1. The van der Waals surface area contributed by atoms with Gasteiger partial charge in [0, 0.05) is 25.3 Å². The van der Waals surface area contributed by atoms with Crippen LogP contribution < -0.4 is 5.32 Å². The SMILES string of the molecule is CCO[C@H]1CCN(C(=O)Cc2ccc3nc(Nc4ccccc4C)oc3c2)[C@@H]1c1ncc(CCC(=O)O)o1. The van der Waals surface area contributed by atoms with Crippen LogP contribution in [-0.2, 0) is 27.2 Å². The Hall–Kier alpha value is -4.18. The van der Waals surface area contributed by atoms with E-state index in [1.807, 2.05) is 56.3 Å². The summed E-state index contributed by atoms with van der Waals surface area (Å²) in [7, 11) is 0. The number of aryl methyl sites for hydroxylation is 2. The van der Waals surface area contributed by atoms with E-state index in [1.165, 1.54) is 6.20 Å². The highest BCUT2D eigenvalue weighted by Crippen LogP contribution is 2.35. The molecule has 198 valence electrons. The van der Waals surface area contributed by atoms with Crippen LogP contribution in [0.5, 0.6) is 0 Å². The summed E-state index contributed by atoms with van der Waals surface area (Å²) in [6.45, 7) is 4.92. The third kappa shape index (κ3) is 5.55. The van der Waals surface area contributed by atoms with Gasteiger partial charge in [0.25, 0.3) is 6.01 Å². The lowest BCUT2D eigenvalue weighted by Crippen LogP contribution is -2.35. The van der Waals surface area contributed by atoms with E-state index >= 15 is 0 Å². The Morgan fingerprint density at radius 2 is 2.05 bits per heavy atom. The number of ether oxygens (including phenoxy) is 1. The number of amides is 1. The average molecular weight is 519 g/mol. The van der Waals surface area contributed by atoms with Gasteiger partial charge in [0.2, 0.25) is 11.8 Å². The van der Waals surface area contributed by atoms with Crippen LogP contribution >= 0.6 is 0 Å². The summed E-state index contributed by atoms with van der Waals surface area (Å²) >= 11 is 0. The molecule has 2 atom stereocenters. The first-order valence-electron chi connectivity index (χ1n) is 12.7. The number of aliphatic carboxylic acids is 1. The van der Waals surface area contributed by atoms with Gasteiger partial charge in [-0.25, -0.2) is 4.98 Å². The molecule has 1 fully saturated rings. The number of rotatable bonds is 10. The van der Waals surface area contributed by atoms with Crippen LogP contribution in [0.4, 0.5) is 11.7 Å². The van der Waals surface area contributed by atoms with Crippen molar-refractivity contribution in [3.63, 3.8) is 0 Å². The number of carboxylic acid groups (broad SMARTS) is 1. The molecular formula is C28H30N4O6. The van der Waals surface area contributed by atoms with Gasteiger partial charge in [-0.3, -0.25) is 9.59 Å². The zero-order valence-electron chi connectivity index (χ0n) is 21.3. The first-order valence-corrected chi connectivity index (χ1v) is 12.7. The minimum absolute atomic E-state index is 0.0524. The van der Waals surface area contributed by atoms with E-state index < -0.39 is 12.0 Å². The van der Waals surface area contributed by atoms with E-state index in [0.29, 0.717) is 48.3 Å². The molecule has 0 saturated carbocycles. The van der Waals surface area contributed by atoms with Crippen LogP contribution in [0, 0.1) is 6.92 Å². The normalized spacial score (nSPS) is 17.3. The van der Waals surface area contributed by atoms with Crippen molar-refractivity contribution in [1.29, 1.82) is 0 Å². The Morgan fingerprint density at radius 1 is 1.21 bits per heavy atom. The van der Waals surface area contributed by atoms with Gasteiger partial charge in [-0.05, 0) is 49.6 Å². The van der Waals surface area contributed by atoms with Crippen LogP contribution in [0.3, 0.4) is 0 Å². The zero-order valence-corrected chi connectivity index (χ0v) is 21.3. The molecule has 10 heteroatoms. The predicted octanol–water partition coefficient (Wildman–Crippen LogP) is 4.81. The second kappa shape index (κ2) is 11.1. The lowest BCUT2D eigenvalue weighted by molar-refractivity contribution is -0.137. The van der Waals surface area contributed by atoms with E-state index in [1.54, 1.807) is 4.90 Å². The molecule has 5 rings (SSSR count). The number of nitrogens with one attached hydrogen (secondary N) is 1. The van der Waals surface area contributed by atoms with Gasteiger partial charge in [-0.1, -0.05) is 24.3 Å². The first-order chi connectivity index (χ1) is 18.4. The molecule has 1 aliphatic rings. The Kier molecular flexibility index (Phi) is 7.41. The number of para-hydroxylation sites is 1. The third-order valence-corrected chi connectivity index (χ3v) is 6.65. The maximum atomic E-state index is 13.5. The number of nitrogens with zero attached hydrogens (tertiary/aromatic N) is 3. The number of hydrogen-bond donors (Lipinski definition) is 2. The predicted molar refractivity (Wildman–Crippen MR) is 139 cm³/mol. The highest BCUT2D eigenvalue weighted by Gasteiger charge is 2.41. The number of carbonyl (C=O) groups excluding carboxylic acids is 1. The summed E-state index contributed by atoms with van der Waals surface area (Å²) in [5.74, 6) is -0.149. The second-order valence-electron chi connectivity index (χ2n) is 9.31. The van der Waals surface area contributed by atoms with Gasteiger partial charge in [0.1, 0.15) is 17.3 Å². The molecule has 1 aliphatic heterocycles. The zero-order chi connectivity index (χ0) is 26.6. The molecule has 2 aromatic heterocycles. The monoisotopic (exact) mass is 518 g/mol. The molecular weight excluding hydrogens is 488 g/mol. The number of hydrogen-bond acceptors (Lipinski definition) is 8. The lowest BCUT2D eigenvalue weighted by Gasteiger charge is -2.25. The van der Waals surface area contributed by atoms with E-state index in [2.05, 4.69) is 15.3 Å². The summed E-state index contributed by atoms with van der Waals surface area (Å²) in [5.41, 5.74) is 4.07. The smallest absolute Gasteiger partial charge is 0.303 e. The summed E-state index contributed by atoms with van der Waals surface area (Å²) in [5, 5.41) is 12.2. The Morgan fingerprint density at radius 3 is 2.84 bits per heavy atom. The van der Waals surface area contributed by atoms with Crippen LogP contribution in [0.15, 0.2) is 57.5 Å². The summed E-state index contributed by atoms with van der Waals surface area (Å²) in [4.78, 5) is 35.0. The average Bonchev–Trinajstić information content (AvgIpc) is 3.62. The van der Waals surface area contributed by atoms with Gasteiger partial charge in [0.15, 0.2) is 5.58 Å². The highest BCUT2D eigenvalue weighted by molar-refractivity contribution is 5.82. The number of aromatic nitrogens is 2. The van der Waals surface area contributed by atoms with Crippen LogP contribution in [-0.4, -0.2) is 51.1 Å². The number of anilines is 2. The topological polar surface area (TPSA) is 131 Å². The molecule has 0 bridgehead atoms. The Balaban J connectivity index is 1.31. The summed E-state index contributed by atoms with van der Waals surface area (Å²) in [6, 6.07) is 13.3. The number of fused-ring (bicyclic) bond motifs is 1. The summed E-state index contributed by atoms with van der Waals surface area (Å²) < 4.78 is 17.7. The number of benzene rings is 2. The van der Waals surface area contributed by atoms with Gasteiger partial charge in [0.05, 0.1) is 25.1 Å². The van der Waals surface area contributed by atoms with E-state index in [0.717, 1.165) is 16.8 Å². The van der Waals surface area contributed by atoms with Crippen LogP contribution in [0.25, 0.3) is 11.1 Å². The maximum Gasteiger partial charge on any atom is 0.303 e. The van der Waals surface area contributed by atoms with E-state index in [-0.39, 0.29) is 31.3 Å². The largest absolute Gasteiger partial charge is 0.481 e. The van der Waals surface area contributed by atoms with Crippen molar-refractivity contribution in [3.05, 3.63) is 71.4 Å². The minimum Gasteiger partial charge on any atom is -0.481 e. The molecule has 10 nitrogen and oxygen atoms in total. The number of likely N-dealkylation sites (tertiary alicyclic amines) is 1. The molecule has 4 aromatic rings. The molecule has 3 heterocycles. The Labute approximate surface area is 219 Å².